The Hall–Kier alpha value is -1.03. The summed E-state index contributed by atoms with van der Waals surface area (Å²) >= 11 is 0. The van der Waals surface area contributed by atoms with Crippen LogP contribution in [0.2, 0.25) is 0 Å². The molecule has 1 aromatic carbocycles. The van der Waals surface area contributed by atoms with E-state index in [0.717, 1.165) is 5.56 Å². The topological polar surface area (TPSA) is 20.2 Å². The van der Waals surface area contributed by atoms with Gasteiger partial charge in [-0.2, -0.15) is 13.2 Å². The Morgan fingerprint density at radius 1 is 1.06 bits per heavy atom. The highest BCUT2D eigenvalue weighted by Crippen LogP contribution is 2.32. The molecule has 0 unspecified atom stereocenters. The quantitative estimate of drug-likeness (QED) is 0.826. The van der Waals surface area contributed by atoms with Crippen molar-refractivity contribution in [1.82, 2.24) is 0 Å². The minimum atomic E-state index is -4.21. The van der Waals surface area contributed by atoms with Gasteiger partial charge in [-0.3, -0.25) is 0 Å². The molecular weight excluding hydrogens is 217 g/mol. The minimum absolute atomic E-state index is 0.0358. The molecule has 1 atom stereocenters. The van der Waals surface area contributed by atoms with E-state index < -0.39 is 18.7 Å². The SMILES string of the molecule is OCC[C@H](CCc1ccccc1)C(F)(F)F. The third-order valence-corrected chi connectivity index (χ3v) is 2.56. The largest absolute Gasteiger partial charge is 0.396 e. The third kappa shape index (κ3) is 4.23. The summed E-state index contributed by atoms with van der Waals surface area (Å²) in [6.45, 7) is -0.418. The Kier molecular flexibility index (Phi) is 4.80. The van der Waals surface area contributed by atoms with Crippen LogP contribution < -0.4 is 0 Å². The zero-order chi connectivity index (χ0) is 12.0. The van der Waals surface area contributed by atoms with Crippen molar-refractivity contribution < 1.29 is 18.3 Å². The van der Waals surface area contributed by atoms with Crippen LogP contribution in [0.15, 0.2) is 30.3 Å². The molecule has 0 fully saturated rings. The zero-order valence-electron chi connectivity index (χ0n) is 8.87. The summed E-state index contributed by atoms with van der Waals surface area (Å²) in [7, 11) is 0. The van der Waals surface area contributed by atoms with Crippen LogP contribution in [-0.2, 0) is 6.42 Å². The monoisotopic (exact) mass is 232 g/mol. The van der Waals surface area contributed by atoms with E-state index in [1.54, 1.807) is 0 Å². The molecule has 16 heavy (non-hydrogen) atoms. The van der Waals surface area contributed by atoms with E-state index in [-0.39, 0.29) is 12.8 Å². The summed E-state index contributed by atoms with van der Waals surface area (Å²) in [6.07, 6.45) is -3.99. The average molecular weight is 232 g/mol. The number of halogens is 3. The van der Waals surface area contributed by atoms with E-state index in [2.05, 4.69) is 0 Å². The number of hydrogen-bond donors (Lipinski definition) is 1. The first kappa shape index (κ1) is 13.0. The molecular formula is C12H15F3O. The molecule has 1 aromatic rings. The van der Waals surface area contributed by atoms with Gasteiger partial charge in [0.25, 0.3) is 0 Å². The van der Waals surface area contributed by atoms with Gasteiger partial charge in [-0.25, -0.2) is 0 Å². The summed E-state index contributed by atoms with van der Waals surface area (Å²) in [5, 5.41) is 8.60. The van der Waals surface area contributed by atoms with Gasteiger partial charge in [-0.05, 0) is 24.8 Å². The highest BCUT2D eigenvalue weighted by Gasteiger charge is 2.38. The van der Waals surface area contributed by atoms with Gasteiger partial charge in [0, 0.05) is 6.61 Å². The summed E-state index contributed by atoms with van der Waals surface area (Å²) in [5.74, 6) is -1.40. The predicted molar refractivity (Wildman–Crippen MR) is 56.0 cm³/mol. The first-order chi connectivity index (χ1) is 7.54. The van der Waals surface area contributed by atoms with Gasteiger partial charge >= 0.3 is 6.18 Å². The van der Waals surface area contributed by atoms with Crippen molar-refractivity contribution in [3.63, 3.8) is 0 Å². The van der Waals surface area contributed by atoms with Gasteiger partial charge in [0.05, 0.1) is 5.92 Å². The molecule has 1 N–H and O–H groups in total. The lowest BCUT2D eigenvalue weighted by Gasteiger charge is -2.19. The number of aryl methyl sites for hydroxylation is 1. The molecule has 1 rings (SSSR count). The number of rotatable bonds is 5. The van der Waals surface area contributed by atoms with Crippen LogP contribution in [0, 0.1) is 5.92 Å². The fraction of sp³-hybridized carbons (Fsp3) is 0.500. The third-order valence-electron chi connectivity index (χ3n) is 2.56. The van der Waals surface area contributed by atoms with Gasteiger partial charge in [-0.15, -0.1) is 0 Å². The second-order valence-corrected chi connectivity index (χ2v) is 3.78. The lowest BCUT2D eigenvalue weighted by atomic mass is 9.96. The number of alkyl halides is 3. The maximum absolute atomic E-state index is 12.5. The van der Waals surface area contributed by atoms with Crippen LogP contribution in [-0.4, -0.2) is 17.9 Å². The van der Waals surface area contributed by atoms with E-state index in [1.165, 1.54) is 0 Å². The smallest absolute Gasteiger partial charge is 0.391 e. The van der Waals surface area contributed by atoms with Gasteiger partial charge in [0.15, 0.2) is 0 Å². The van der Waals surface area contributed by atoms with Crippen molar-refractivity contribution in [2.24, 2.45) is 5.92 Å². The van der Waals surface area contributed by atoms with Crippen LogP contribution in [0.5, 0.6) is 0 Å². The van der Waals surface area contributed by atoms with Crippen LogP contribution in [0.25, 0.3) is 0 Å². The summed E-state index contributed by atoms with van der Waals surface area (Å²) < 4.78 is 37.5. The Balaban J connectivity index is 2.51. The summed E-state index contributed by atoms with van der Waals surface area (Å²) in [5.41, 5.74) is 0.898. The Bertz CT molecular complexity index is 295. The first-order valence-electron chi connectivity index (χ1n) is 5.25. The van der Waals surface area contributed by atoms with Crippen molar-refractivity contribution in [1.29, 1.82) is 0 Å². The molecule has 0 spiro atoms. The fourth-order valence-electron chi connectivity index (χ4n) is 1.61. The highest BCUT2D eigenvalue weighted by atomic mass is 19.4. The first-order valence-corrected chi connectivity index (χ1v) is 5.25. The van der Waals surface area contributed by atoms with Crippen molar-refractivity contribution in [3.8, 4) is 0 Å². The fourth-order valence-corrected chi connectivity index (χ4v) is 1.61. The number of benzene rings is 1. The van der Waals surface area contributed by atoms with Gasteiger partial charge in [0.2, 0.25) is 0 Å². The number of aliphatic hydroxyl groups excluding tert-OH is 1. The van der Waals surface area contributed by atoms with Crippen molar-refractivity contribution in [2.75, 3.05) is 6.61 Å². The van der Waals surface area contributed by atoms with E-state index in [9.17, 15) is 13.2 Å². The Labute approximate surface area is 92.9 Å². The van der Waals surface area contributed by atoms with Gasteiger partial charge in [0.1, 0.15) is 0 Å². The van der Waals surface area contributed by atoms with E-state index in [0.29, 0.717) is 6.42 Å². The lowest BCUT2D eigenvalue weighted by molar-refractivity contribution is -0.179. The molecule has 90 valence electrons. The van der Waals surface area contributed by atoms with Crippen molar-refractivity contribution in [2.45, 2.75) is 25.4 Å². The normalized spacial score (nSPS) is 13.8. The van der Waals surface area contributed by atoms with Crippen LogP contribution in [0.3, 0.4) is 0 Å². The predicted octanol–water partition coefficient (Wildman–Crippen LogP) is 3.18. The molecule has 0 bridgehead atoms. The van der Waals surface area contributed by atoms with Crippen molar-refractivity contribution in [3.05, 3.63) is 35.9 Å². The standard InChI is InChI=1S/C12H15F3O/c13-12(14,15)11(8-9-16)7-6-10-4-2-1-3-5-10/h1-5,11,16H,6-9H2/t11-/m0/s1. The molecule has 0 aromatic heterocycles. The van der Waals surface area contributed by atoms with E-state index in [4.69, 9.17) is 5.11 Å². The Morgan fingerprint density at radius 2 is 1.69 bits per heavy atom. The number of aliphatic hydroxyl groups is 1. The van der Waals surface area contributed by atoms with Crippen LogP contribution in [0.1, 0.15) is 18.4 Å². The molecule has 0 saturated heterocycles. The average Bonchev–Trinajstić information content (AvgIpc) is 2.24. The van der Waals surface area contributed by atoms with Gasteiger partial charge < -0.3 is 5.11 Å². The lowest BCUT2D eigenvalue weighted by Crippen LogP contribution is -2.24. The molecule has 0 heterocycles. The van der Waals surface area contributed by atoms with Gasteiger partial charge in [-0.1, -0.05) is 30.3 Å². The molecule has 1 nitrogen and oxygen atoms in total. The molecule has 0 aliphatic carbocycles. The van der Waals surface area contributed by atoms with Crippen molar-refractivity contribution >= 4 is 0 Å². The molecule has 0 radical (unpaired) electrons. The molecule has 0 amide bonds. The van der Waals surface area contributed by atoms with Crippen LogP contribution in [0.4, 0.5) is 13.2 Å². The maximum atomic E-state index is 12.5. The minimum Gasteiger partial charge on any atom is -0.396 e. The highest BCUT2D eigenvalue weighted by molar-refractivity contribution is 5.14. The van der Waals surface area contributed by atoms with Crippen LogP contribution >= 0.6 is 0 Å². The maximum Gasteiger partial charge on any atom is 0.391 e. The molecule has 0 aliphatic rings. The molecule has 0 aliphatic heterocycles. The second-order valence-electron chi connectivity index (χ2n) is 3.78. The number of hydrogen-bond acceptors (Lipinski definition) is 1. The van der Waals surface area contributed by atoms with E-state index in [1.807, 2.05) is 30.3 Å². The van der Waals surface area contributed by atoms with E-state index >= 15 is 0 Å². The zero-order valence-corrected chi connectivity index (χ0v) is 8.87. The summed E-state index contributed by atoms with van der Waals surface area (Å²) in [6, 6.07) is 9.07. The second kappa shape index (κ2) is 5.89. The molecule has 4 heteroatoms. The Morgan fingerprint density at radius 3 is 2.19 bits per heavy atom. The summed E-state index contributed by atoms with van der Waals surface area (Å²) in [4.78, 5) is 0. The molecule has 0 saturated carbocycles.